The van der Waals surface area contributed by atoms with E-state index in [9.17, 15) is 71.4 Å². The molecule has 32 nitrogen and oxygen atoms in total. The number of sulfonamides is 1. The van der Waals surface area contributed by atoms with Gasteiger partial charge in [0.25, 0.3) is 46.4 Å². The summed E-state index contributed by atoms with van der Waals surface area (Å²) in [5.74, 6) is -5.41. The predicted octanol–water partition coefficient (Wildman–Crippen LogP) is 12.5. The number of aliphatic hydroxyl groups excluding tert-OH is 1. The molecule has 2 amide bonds. The van der Waals surface area contributed by atoms with Gasteiger partial charge >= 0.3 is 0 Å². The monoisotopic (exact) mass is 1950 g/mol. The van der Waals surface area contributed by atoms with E-state index in [0.717, 1.165) is 40.5 Å². The van der Waals surface area contributed by atoms with E-state index in [0.29, 0.717) is 155 Å². The Morgan fingerprint density at radius 3 is 2.03 bits per heavy atom. The first-order valence-corrected chi connectivity index (χ1v) is 51.5. The Kier molecular flexibility index (Phi) is 27.6. The van der Waals surface area contributed by atoms with Crippen LogP contribution in [0.2, 0.25) is 0 Å². The third-order valence-corrected chi connectivity index (χ3v) is 31.3. The number of hydrogen-bond acceptors (Lipinski definition) is 22. The van der Waals surface area contributed by atoms with Gasteiger partial charge in [-0.05, 0) is 216 Å². The molecule has 2 unspecified atom stereocenters. The highest BCUT2D eigenvalue weighted by Gasteiger charge is 2.45. The van der Waals surface area contributed by atoms with Crippen molar-refractivity contribution in [2.45, 2.75) is 159 Å². The highest BCUT2D eigenvalue weighted by molar-refractivity contribution is 7.89. The van der Waals surface area contributed by atoms with E-state index in [1.54, 1.807) is 60.8 Å². The topological polar surface area (TPSA) is 454 Å². The summed E-state index contributed by atoms with van der Waals surface area (Å²) in [7, 11) is -20.3. The van der Waals surface area contributed by atoms with Crippen LogP contribution in [0.25, 0.3) is 39.1 Å². The van der Waals surface area contributed by atoms with E-state index in [4.69, 9.17) is 14.9 Å². The lowest BCUT2D eigenvalue weighted by atomic mass is 9.81. The zero-order valence-electron chi connectivity index (χ0n) is 74.8. The molecule has 6 aliphatic heterocycles. The van der Waals surface area contributed by atoms with Crippen LogP contribution in [-0.4, -0.2) is 178 Å². The van der Waals surface area contributed by atoms with Crippen LogP contribution in [-0.2, 0) is 96.8 Å². The smallest absolute Gasteiger partial charge is 0.294 e. The molecular weight excluding hydrogens is 1850 g/mol. The number of aromatic nitrogens is 3. The van der Waals surface area contributed by atoms with Crippen molar-refractivity contribution < 1.29 is 102 Å². The van der Waals surface area contributed by atoms with E-state index in [-0.39, 0.29) is 87.6 Å². The molecule has 1 aliphatic carbocycles. The van der Waals surface area contributed by atoms with Gasteiger partial charge in [-0.1, -0.05) is 68.0 Å². The summed E-state index contributed by atoms with van der Waals surface area (Å²) in [6, 6.07) is 42.4. The number of Topliss-reactive ketones (excluding diaryl/α,β-unsaturated/α-hetero) is 1. The fourth-order valence-corrected chi connectivity index (χ4v) is 22.5. The first-order chi connectivity index (χ1) is 64.5. The molecule has 2 atom stereocenters. The van der Waals surface area contributed by atoms with Crippen molar-refractivity contribution in [1.82, 2.24) is 39.8 Å². The van der Waals surface area contributed by atoms with Crippen molar-refractivity contribution in [2.75, 3.05) is 62.7 Å². The Morgan fingerprint density at radius 2 is 1.32 bits per heavy atom. The zero-order chi connectivity index (χ0) is 96.9. The van der Waals surface area contributed by atoms with Gasteiger partial charge in [0.05, 0.1) is 59.6 Å². The molecule has 39 heteroatoms. The number of halogens is 2. The fraction of sp³-hybridized carbons (Fsp3) is 0.309. The number of unbranched alkanes of at least 4 members (excludes halogenated alkanes) is 3. The first kappa shape index (κ1) is 96.9. The molecule has 1 saturated heterocycles. The number of amides is 2. The van der Waals surface area contributed by atoms with Crippen LogP contribution >= 0.6 is 0 Å². The number of benzene rings is 9. The fourth-order valence-electron chi connectivity index (χ4n) is 18.8. The molecule has 712 valence electrons. The van der Waals surface area contributed by atoms with Crippen LogP contribution in [0.5, 0.6) is 5.75 Å². The molecule has 8 aromatic carbocycles. The molecule has 1 fully saturated rings. The summed E-state index contributed by atoms with van der Waals surface area (Å²) in [5, 5.41) is 29.4. The van der Waals surface area contributed by atoms with Gasteiger partial charge in [0.15, 0.2) is 35.4 Å². The minimum absolute atomic E-state index is 0.0130. The van der Waals surface area contributed by atoms with E-state index >= 15 is 17.2 Å². The molecule has 1 aromatic heterocycles. The normalized spacial score (nSPS) is 16.9. The standard InChI is InChI=1S/C97H100F2N12O20S5/c1-96(2)76-54-71(135(124,125)126)29-35-83(76)106(5)89(96)22-8-6-9-23-90-97(3,4)77-55-72(136(127,128)129)30-36-84(77)110(90)42-15-7-10-24-91(113)101-57-65-58-111(105-104-65)68-18-16-17-64(49-68)95(115)103-80(20-13-14-41-100)85(112)59-130-93-78(98)47-60(48-79(93)99)56-102-94(114)61-37-43-107(44-38-61)132(116,117)88-21-12-11-19-75(88)92-73-31-25-66(108-45-39-62-50-69(133(118,119)120)27-33-81(62)108)52-86(73)131-87-53-67(26-32-74(87)92)109-46-40-63-51-70(134(121,122)123)28-34-82(63)109/h6,8-9,11-12,16-19,21-23,25-36,47-55,58,61,80,91,101,113H,7,10,13-15,20,24,37-46,56-57,59,100H2,1-5H3,(H4-2,102,103,114,115,118,119,120,121,122,123,124,125,126,127,128,129)/p+2. The average molecular weight is 1950 g/mol. The van der Waals surface area contributed by atoms with Gasteiger partial charge in [-0.2, -0.15) is 47.1 Å². The first-order valence-electron chi connectivity index (χ1n) is 44.3. The molecule has 16 rings (SSSR count). The van der Waals surface area contributed by atoms with Crippen molar-refractivity contribution >= 4 is 113 Å². The van der Waals surface area contributed by atoms with Gasteiger partial charge in [0, 0.05) is 149 Å². The van der Waals surface area contributed by atoms with Crippen molar-refractivity contribution in [2.24, 2.45) is 11.7 Å². The van der Waals surface area contributed by atoms with Gasteiger partial charge < -0.3 is 40.4 Å². The van der Waals surface area contributed by atoms with Crippen LogP contribution in [0.1, 0.15) is 129 Å². The molecule has 7 heterocycles. The van der Waals surface area contributed by atoms with E-state index in [1.165, 1.54) is 75.7 Å². The predicted molar refractivity (Wildman–Crippen MR) is 505 cm³/mol. The number of ether oxygens (including phenoxy) is 1. The number of nitrogens with two attached hydrogens (primary N) is 1. The maximum absolute atomic E-state index is 16.0. The number of piperidine rings is 1. The van der Waals surface area contributed by atoms with Gasteiger partial charge in [-0.15, -0.1) is 5.10 Å². The number of allylic oxidation sites excluding steroid dienone is 6. The molecule has 0 radical (unpaired) electrons. The molecule has 0 spiro atoms. The van der Waals surface area contributed by atoms with E-state index < -0.39 is 121 Å². The van der Waals surface area contributed by atoms with Gasteiger partial charge in [0.1, 0.15) is 31.2 Å². The van der Waals surface area contributed by atoms with Crippen LogP contribution in [0.15, 0.2) is 241 Å². The molecule has 9 aromatic rings. The number of ketones is 1. The third-order valence-electron chi connectivity index (χ3n) is 25.9. The molecule has 136 heavy (non-hydrogen) atoms. The maximum Gasteiger partial charge on any atom is 0.294 e. The number of carbonyl (C=O) groups excluding carboxylic acids is 3. The highest BCUT2D eigenvalue weighted by atomic mass is 32.2. The Hall–Kier alpha value is -12.2. The number of nitrogens with one attached hydrogen (secondary N) is 3. The number of nitrogens with zero attached hydrogens (tertiary/aromatic N) is 8. The van der Waals surface area contributed by atoms with Crippen molar-refractivity contribution in [3.63, 3.8) is 0 Å². The SMILES string of the molecule is C[N+]1=C(/C=C/C=C/C=C2\N(CCCCCC(O)NCc3cn(-c4cccc(C(=O)NC(CCCCN)C(=O)COc5c(F)cc(CNC(=O)C6CCN(S(=O)(=O)c7ccccc7-c7c8ccc(=[N+]9CCc%10cc(S(=O)(=O)O)ccc%109)cc-8oc8cc(N9CCc%10cc(S(=O)(=O)O)ccc%109)ccc78)CC6)cc5F)c4)nn3)c3ccc(S(=O)(=O)O)cc3C2(C)C)C(C)(C)c2cc(S(=O)(=O)O)ccc21. The minimum atomic E-state index is -4.51. The number of hydrogen-bond donors (Lipinski definition) is 9. The van der Waals surface area contributed by atoms with Crippen LogP contribution in [0.3, 0.4) is 0 Å². The summed E-state index contributed by atoms with van der Waals surface area (Å²) >= 11 is 0. The summed E-state index contributed by atoms with van der Waals surface area (Å²) in [4.78, 5) is 45.0. The van der Waals surface area contributed by atoms with Crippen molar-refractivity contribution in [3.8, 4) is 33.9 Å². The average Bonchev–Trinajstić information content (AvgIpc) is 1.08. The lowest BCUT2D eigenvalue weighted by Gasteiger charge is -2.31. The number of aliphatic hydroxyl groups is 1. The van der Waals surface area contributed by atoms with E-state index in [2.05, 4.69) is 31.2 Å². The Bertz CT molecular complexity index is 7420. The van der Waals surface area contributed by atoms with Crippen LogP contribution in [0, 0.1) is 17.6 Å². The quantitative estimate of drug-likeness (QED) is 0.00452. The van der Waals surface area contributed by atoms with Crippen molar-refractivity contribution in [1.29, 1.82) is 0 Å². The summed E-state index contributed by atoms with van der Waals surface area (Å²) in [6.07, 6.45) is 14.7. The number of rotatable bonds is 34. The largest absolute Gasteiger partial charge is 0.480 e. The molecule has 0 bridgehead atoms. The molecule has 7 aliphatic rings. The van der Waals surface area contributed by atoms with Crippen LogP contribution in [0.4, 0.5) is 37.2 Å². The van der Waals surface area contributed by atoms with Gasteiger partial charge in [-0.25, -0.2) is 21.9 Å². The summed E-state index contributed by atoms with van der Waals surface area (Å²) < 4.78 is 218. The number of fused-ring (bicyclic) bond motifs is 6. The summed E-state index contributed by atoms with van der Waals surface area (Å²) in [6.45, 7) is 8.41. The lowest BCUT2D eigenvalue weighted by Crippen LogP contribution is -2.43. The second-order valence-corrected chi connectivity index (χ2v) is 43.0. The van der Waals surface area contributed by atoms with Crippen LogP contribution < -0.4 is 46.2 Å². The lowest BCUT2D eigenvalue weighted by molar-refractivity contribution is -0.401. The molecule has 0 saturated carbocycles. The minimum Gasteiger partial charge on any atom is -0.480 e. The zero-order valence-corrected chi connectivity index (χ0v) is 78.9. The maximum atomic E-state index is 16.0. The Labute approximate surface area is 785 Å². The highest BCUT2D eigenvalue weighted by Crippen LogP contribution is 2.50. The molecule has 10 N–H and O–H groups in total. The second kappa shape index (κ2) is 38.7. The molecular formula is C97H102F2N12O20S5+2. The third kappa shape index (κ3) is 20.3. The Balaban J connectivity index is 0.513. The number of carbonyl (C=O) groups is 3. The van der Waals surface area contributed by atoms with Gasteiger partial charge in [0.2, 0.25) is 32.7 Å². The number of anilines is 3. The van der Waals surface area contributed by atoms with Gasteiger partial charge in [-0.3, -0.25) is 37.9 Å². The summed E-state index contributed by atoms with van der Waals surface area (Å²) in [5.41, 5.74) is 15.6. The van der Waals surface area contributed by atoms with Crippen molar-refractivity contribution in [3.05, 3.63) is 268 Å². The Morgan fingerprint density at radius 1 is 0.647 bits per heavy atom. The van der Waals surface area contributed by atoms with E-state index in [1.807, 2.05) is 116 Å². The second-order valence-electron chi connectivity index (χ2n) is 35.4.